The molecule has 2 rings (SSSR count). The van der Waals surface area contributed by atoms with Gasteiger partial charge < -0.3 is 15.2 Å². The van der Waals surface area contributed by atoms with E-state index in [1.165, 1.54) is 32.6 Å². The fourth-order valence-corrected chi connectivity index (χ4v) is 4.01. The Morgan fingerprint density at radius 1 is 1.19 bits per heavy atom. The van der Waals surface area contributed by atoms with E-state index in [-0.39, 0.29) is 18.0 Å². The van der Waals surface area contributed by atoms with Gasteiger partial charge in [0, 0.05) is 11.3 Å². The molecule has 2 fully saturated rings. The van der Waals surface area contributed by atoms with Crippen LogP contribution in [0.25, 0.3) is 0 Å². The molecule has 36 heavy (non-hydrogen) atoms. The number of hydrogen-bond acceptors (Lipinski definition) is 6. The van der Waals surface area contributed by atoms with Crippen molar-refractivity contribution in [1.29, 1.82) is 0 Å². The summed E-state index contributed by atoms with van der Waals surface area (Å²) in [6.45, 7) is 16.4. The van der Waals surface area contributed by atoms with Gasteiger partial charge in [0.25, 0.3) is 0 Å². The van der Waals surface area contributed by atoms with Crippen LogP contribution in [0.3, 0.4) is 0 Å². The monoisotopic (exact) mass is 500 g/mol. The molecular formula is C30H48N2O4. The first kappa shape index (κ1) is 31.4. The third-order valence-electron chi connectivity index (χ3n) is 6.47. The molecule has 0 saturated heterocycles. The molecule has 0 bridgehead atoms. The van der Waals surface area contributed by atoms with Gasteiger partial charge in [0.2, 0.25) is 0 Å². The maximum Gasteiger partial charge on any atom is 0.354 e. The summed E-state index contributed by atoms with van der Waals surface area (Å²) in [6, 6.07) is 0. The number of nitrogens with zero attached hydrogens (tertiary/aromatic N) is 1. The average Bonchev–Trinajstić information content (AvgIpc) is 3.57. The zero-order valence-corrected chi connectivity index (χ0v) is 23.5. The average molecular weight is 501 g/mol. The highest BCUT2D eigenvalue weighted by atomic mass is 16.5. The highest BCUT2D eigenvalue weighted by molar-refractivity contribution is 6.07. The first-order chi connectivity index (χ1) is 17.1. The number of allylic oxidation sites excluding steroid dienone is 5. The second kappa shape index (κ2) is 16.2. The van der Waals surface area contributed by atoms with Crippen LogP contribution in [0, 0.1) is 5.41 Å². The Bertz CT molecular complexity index is 875. The lowest BCUT2D eigenvalue weighted by Gasteiger charge is -2.23. The summed E-state index contributed by atoms with van der Waals surface area (Å²) < 4.78 is 11.0. The van der Waals surface area contributed by atoms with Gasteiger partial charge in [-0.3, -0.25) is 9.79 Å². The third-order valence-corrected chi connectivity index (χ3v) is 6.47. The predicted molar refractivity (Wildman–Crippen MR) is 149 cm³/mol. The highest BCUT2D eigenvalue weighted by Gasteiger charge is 2.39. The molecule has 202 valence electrons. The van der Waals surface area contributed by atoms with Crippen molar-refractivity contribution in [2.75, 3.05) is 13.2 Å². The topological polar surface area (TPSA) is 91.0 Å². The van der Waals surface area contributed by atoms with Crippen molar-refractivity contribution >= 4 is 17.5 Å². The summed E-state index contributed by atoms with van der Waals surface area (Å²) >= 11 is 0. The first-order valence-corrected chi connectivity index (χ1v) is 13.4. The number of esters is 1. The fourth-order valence-electron chi connectivity index (χ4n) is 4.01. The minimum Gasteiger partial charge on any atom is -0.491 e. The second-order valence-corrected chi connectivity index (χ2v) is 10.1. The predicted octanol–water partition coefficient (Wildman–Crippen LogP) is 6.76. The quantitative estimate of drug-likeness (QED) is 0.138. The third kappa shape index (κ3) is 11.9. The number of ether oxygens (including phenoxy) is 2. The molecule has 2 N–H and O–H groups in total. The zero-order chi connectivity index (χ0) is 27.1. The van der Waals surface area contributed by atoms with Crippen molar-refractivity contribution in [2.24, 2.45) is 16.1 Å². The summed E-state index contributed by atoms with van der Waals surface area (Å²) in [5.41, 5.74) is 9.15. The van der Waals surface area contributed by atoms with E-state index in [1.807, 2.05) is 19.1 Å². The lowest BCUT2D eigenvalue weighted by Crippen LogP contribution is -2.23. The lowest BCUT2D eigenvalue weighted by molar-refractivity contribution is -0.138. The van der Waals surface area contributed by atoms with E-state index in [1.54, 1.807) is 6.92 Å². The van der Waals surface area contributed by atoms with Crippen molar-refractivity contribution in [1.82, 2.24) is 0 Å². The lowest BCUT2D eigenvalue weighted by atomic mass is 9.91. The van der Waals surface area contributed by atoms with Crippen molar-refractivity contribution < 1.29 is 19.1 Å². The summed E-state index contributed by atoms with van der Waals surface area (Å²) in [7, 11) is 0. The molecular weight excluding hydrogens is 452 g/mol. The van der Waals surface area contributed by atoms with E-state index in [0.717, 1.165) is 54.7 Å². The number of Topliss-reactive ketones (excluding diaryl/α,β-unsaturated/α-hetero) is 1. The van der Waals surface area contributed by atoms with E-state index in [4.69, 9.17) is 15.2 Å². The van der Waals surface area contributed by atoms with Gasteiger partial charge in [-0.2, -0.15) is 0 Å². The van der Waals surface area contributed by atoms with Gasteiger partial charge in [0.15, 0.2) is 5.78 Å². The number of carbonyl (C=O) groups excluding carboxylic acids is 2. The number of ketones is 1. The van der Waals surface area contributed by atoms with Crippen LogP contribution in [0.15, 0.2) is 52.4 Å². The molecule has 1 atom stereocenters. The molecule has 0 radical (unpaired) electrons. The van der Waals surface area contributed by atoms with Crippen LogP contribution in [0.1, 0.15) is 99.3 Å². The van der Waals surface area contributed by atoms with Crippen molar-refractivity contribution in [3.8, 4) is 0 Å². The van der Waals surface area contributed by atoms with Crippen LogP contribution in [-0.4, -0.2) is 36.7 Å². The molecule has 0 heterocycles. The van der Waals surface area contributed by atoms with Gasteiger partial charge >= 0.3 is 5.97 Å². The summed E-state index contributed by atoms with van der Waals surface area (Å²) in [4.78, 5) is 26.8. The maximum absolute atomic E-state index is 11.6. The van der Waals surface area contributed by atoms with E-state index in [0.29, 0.717) is 18.1 Å². The molecule has 2 aliphatic rings. The molecule has 0 amide bonds. The number of carbonyl (C=O) groups is 2. The van der Waals surface area contributed by atoms with Crippen LogP contribution >= 0.6 is 0 Å². The van der Waals surface area contributed by atoms with Crippen LogP contribution in [0.4, 0.5) is 0 Å². The van der Waals surface area contributed by atoms with Crippen molar-refractivity contribution in [3.63, 3.8) is 0 Å². The van der Waals surface area contributed by atoms with Gasteiger partial charge in [0.05, 0.1) is 19.3 Å². The number of aliphatic imine (C=N–C) groups is 1. The van der Waals surface area contributed by atoms with Crippen LogP contribution in [0.2, 0.25) is 0 Å². The van der Waals surface area contributed by atoms with E-state index < -0.39 is 5.97 Å². The van der Waals surface area contributed by atoms with Crippen LogP contribution < -0.4 is 5.73 Å². The zero-order valence-electron chi connectivity index (χ0n) is 23.5. The second-order valence-electron chi connectivity index (χ2n) is 10.1. The number of nitrogens with two attached hydrogens (primary N) is 1. The molecule has 0 spiro atoms. The molecule has 0 aromatic heterocycles. The van der Waals surface area contributed by atoms with Crippen LogP contribution in [0.5, 0.6) is 0 Å². The first-order valence-electron chi connectivity index (χ1n) is 13.4. The fraction of sp³-hybridized carbons (Fsp3) is 0.633. The SMILES string of the molecule is C=C(OC(CCC)CC1(C)CC1)/C(C)=C\C=C/C.CCOC(=O)/C(N)=C1\CCCCC1=NCC(C)=O. The molecule has 6 nitrogen and oxygen atoms in total. The Hall–Kier alpha value is -2.63. The van der Waals surface area contributed by atoms with Gasteiger partial charge in [0.1, 0.15) is 11.5 Å². The molecule has 6 heteroatoms. The van der Waals surface area contributed by atoms with E-state index >= 15 is 0 Å². The summed E-state index contributed by atoms with van der Waals surface area (Å²) in [6.07, 6.45) is 16.1. The molecule has 0 aromatic carbocycles. The molecule has 0 aliphatic heterocycles. The number of hydrogen-bond donors (Lipinski definition) is 1. The number of rotatable bonds is 12. The maximum atomic E-state index is 11.6. The van der Waals surface area contributed by atoms with Gasteiger partial charge in [-0.1, -0.05) is 45.1 Å². The molecule has 2 aliphatic carbocycles. The minimum absolute atomic E-state index is 0.00197. The van der Waals surface area contributed by atoms with Gasteiger partial charge in [-0.15, -0.1) is 0 Å². The van der Waals surface area contributed by atoms with E-state index in [9.17, 15) is 9.59 Å². The Morgan fingerprint density at radius 2 is 1.86 bits per heavy atom. The molecule has 0 aromatic rings. The Morgan fingerprint density at radius 3 is 2.42 bits per heavy atom. The smallest absolute Gasteiger partial charge is 0.354 e. The normalized spacial score (nSPS) is 20.3. The largest absolute Gasteiger partial charge is 0.491 e. The standard InChI is InChI=1S/C17H28O.C13H20N2O3/c1-6-8-10-14(3)15(4)18-16(9-7-2)13-17(5)11-12-17;1-3-18-13(17)12(14)10-6-4-5-7-11(10)15-8-9(2)16/h6,8,10,16H,4,7,9,11-13H2,1-3,5H3;3-8,14H2,1-2H3/b8-6-,14-10-;12-10-,15-11?. The van der Waals surface area contributed by atoms with Crippen molar-refractivity contribution in [2.45, 2.75) is 105 Å². The van der Waals surface area contributed by atoms with Gasteiger partial charge in [-0.05, 0) is 90.0 Å². The van der Waals surface area contributed by atoms with Crippen LogP contribution in [-0.2, 0) is 19.1 Å². The minimum atomic E-state index is -0.495. The summed E-state index contributed by atoms with van der Waals surface area (Å²) in [5.74, 6) is 0.336. The Balaban J connectivity index is 0.000000360. The molecule has 2 saturated carbocycles. The highest BCUT2D eigenvalue weighted by Crippen LogP contribution is 2.50. The summed E-state index contributed by atoms with van der Waals surface area (Å²) in [5, 5.41) is 0. The molecule has 1 unspecified atom stereocenters. The van der Waals surface area contributed by atoms with E-state index in [2.05, 4.69) is 38.4 Å². The van der Waals surface area contributed by atoms with Gasteiger partial charge in [-0.25, -0.2) is 4.79 Å². The van der Waals surface area contributed by atoms with Crippen molar-refractivity contribution in [3.05, 3.63) is 47.4 Å². The Kier molecular flexibility index (Phi) is 14.1. The Labute approximate surface area is 218 Å².